The molecule has 1 aliphatic rings. The molecule has 3 N–H and O–H groups in total. The lowest BCUT2D eigenvalue weighted by atomic mass is 9.86. The van der Waals surface area contributed by atoms with Gasteiger partial charge in [-0.15, -0.1) is 0 Å². The summed E-state index contributed by atoms with van der Waals surface area (Å²) in [4.78, 5) is 22.8. The van der Waals surface area contributed by atoms with Gasteiger partial charge >= 0.3 is 11.9 Å². The molecule has 6 nitrogen and oxygen atoms in total. The highest BCUT2D eigenvalue weighted by Gasteiger charge is 2.40. The molecule has 0 saturated carbocycles. The smallest absolute Gasteiger partial charge is 0.334 e. The summed E-state index contributed by atoms with van der Waals surface area (Å²) in [5, 5.41) is 22.6. The largest absolute Gasteiger partial charge is 0.478 e. The van der Waals surface area contributed by atoms with Gasteiger partial charge in [0.2, 0.25) is 0 Å². The fraction of sp³-hybridized carbons (Fsp3) is 0.222. The Hall–Kier alpha value is -2.28. The van der Waals surface area contributed by atoms with Crippen LogP contribution in [0.25, 0.3) is 11.3 Å². The number of hydrogen-bond acceptors (Lipinski definition) is 3. The summed E-state index contributed by atoms with van der Waals surface area (Å²) in [6.45, 7) is 2.75. The summed E-state index contributed by atoms with van der Waals surface area (Å²) >= 11 is 12.1. The highest BCUT2D eigenvalue weighted by Crippen LogP contribution is 2.37. The predicted molar refractivity (Wildman–Crippen MR) is 98.6 cm³/mol. The van der Waals surface area contributed by atoms with Gasteiger partial charge in [0.25, 0.3) is 0 Å². The summed E-state index contributed by atoms with van der Waals surface area (Å²) in [6, 6.07) is 8.94. The Morgan fingerprint density at radius 3 is 2.54 bits per heavy atom. The number of rotatable bonds is 4. The van der Waals surface area contributed by atoms with Crippen molar-refractivity contribution in [2.24, 2.45) is 0 Å². The molecule has 1 aliphatic heterocycles. The third-order valence-corrected chi connectivity index (χ3v) is 5.30. The number of carboxylic acids is 2. The van der Waals surface area contributed by atoms with Crippen LogP contribution >= 0.6 is 23.2 Å². The Kier molecular flexibility index (Phi) is 4.84. The molecule has 0 bridgehead atoms. The molecule has 1 atom stereocenters. The van der Waals surface area contributed by atoms with E-state index in [2.05, 4.69) is 5.32 Å². The number of aliphatic carboxylic acids is 2. The van der Waals surface area contributed by atoms with Gasteiger partial charge in [0.15, 0.2) is 0 Å². The van der Waals surface area contributed by atoms with Gasteiger partial charge in [0, 0.05) is 30.6 Å². The lowest BCUT2D eigenvalue weighted by Crippen LogP contribution is -2.50. The number of benzene rings is 1. The van der Waals surface area contributed by atoms with Crippen molar-refractivity contribution in [1.82, 2.24) is 9.88 Å². The van der Waals surface area contributed by atoms with E-state index in [-0.39, 0.29) is 5.57 Å². The van der Waals surface area contributed by atoms with Crippen LogP contribution in [0.4, 0.5) is 0 Å². The van der Waals surface area contributed by atoms with Crippen molar-refractivity contribution in [2.45, 2.75) is 19.0 Å². The van der Waals surface area contributed by atoms with Crippen LogP contribution < -0.4 is 5.32 Å². The zero-order valence-corrected chi connectivity index (χ0v) is 15.3. The molecular weight excluding hydrogens is 379 g/mol. The fourth-order valence-electron chi connectivity index (χ4n) is 3.34. The molecular formula is C18H16Cl2N2O4. The number of hydrogen-bond donors (Lipinski definition) is 3. The van der Waals surface area contributed by atoms with Crippen LogP contribution in [-0.4, -0.2) is 33.3 Å². The monoisotopic (exact) mass is 394 g/mol. The van der Waals surface area contributed by atoms with Crippen molar-refractivity contribution < 1.29 is 19.8 Å². The minimum absolute atomic E-state index is 0.232. The number of carbonyl (C=O) groups is 2. The average molecular weight is 395 g/mol. The Morgan fingerprint density at radius 2 is 1.92 bits per heavy atom. The Morgan fingerprint density at radius 1 is 1.19 bits per heavy atom. The second-order valence-electron chi connectivity index (χ2n) is 6.14. The van der Waals surface area contributed by atoms with Crippen LogP contribution in [0.1, 0.15) is 12.6 Å². The van der Waals surface area contributed by atoms with E-state index in [1.807, 2.05) is 16.7 Å². The van der Waals surface area contributed by atoms with Crippen LogP contribution in [0.2, 0.25) is 10.0 Å². The first-order chi connectivity index (χ1) is 12.2. The van der Waals surface area contributed by atoms with Crippen LogP contribution in [0, 0.1) is 0 Å². The topological polar surface area (TPSA) is 91.6 Å². The van der Waals surface area contributed by atoms with Crippen molar-refractivity contribution >= 4 is 35.1 Å². The molecule has 0 radical (unpaired) electrons. The van der Waals surface area contributed by atoms with Gasteiger partial charge in [-0.25, -0.2) is 9.59 Å². The van der Waals surface area contributed by atoms with Crippen molar-refractivity contribution in [3.63, 3.8) is 0 Å². The van der Waals surface area contributed by atoms with E-state index in [0.717, 1.165) is 17.3 Å². The Balaban J connectivity index is 2.15. The fourth-order valence-corrected chi connectivity index (χ4v) is 3.64. The molecule has 0 aliphatic carbocycles. The second-order valence-corrected chi connectivity index (χ2v) is 6.95. The van der Waals surface area contributed by atoms with E-state index in [0.29, 0.717) is 28.8 Å². The first-order valence-electron chi connectivity index (χ1n) is 7.83. The van der Waals surface area contributed by atoms with Gasteiger partial charge in [0.05, 0.1) is 21.2 Å². The zero-order valence-electron chi connectivity index (χ0n) is 13.8. The molecule has 0 amide bonds. The zero-order chi connectivity index (χ0) is 19.1. The van der Waals surface area contributed by atoms with E-state index < -0.39 is 17.5 Å². The van der Waals surface area contributed by atoms with E-state index in [1.54, 1.807) is 25.1 Å². The average Bonchev–Trinajstić information content (AvgIpc) is 3.00. The number of aromatic nitrogens is 1. The molecule has 0 fully saturated rings. The van der Waals surface area contributed by atoms with Crippen LogP contribution in [0.3, 0.4) is 0 Å². The summed E-state index contributed by atoms with van der Waals surface area (Å²) in [5.74, 6) is -2.59. The standard InChI is InChI=1S/C18H16Cl2N2O4/c1-18(11(17(25)26)9-16(23)24)15-5-4-14(22(15)7-6-21-18)10-2-3-12(19)13(20)8-10/h2-5,8-9,21H,6-7H2,1H3,(H,23,24)(H,25,26)/b11-9-. The van der Waals surface area contributed by atoms with E-state index in [9.17, 15) is 14.7 Å². The van der Waals surface area contributed by atoms with E-state index in [4.69, 9.17) is 28.3 Å². The first-order valence-corrected chi connectivity index (χ1v) is 8.58. The maximum absolute atomic E-state index is 11.7. The highest BCUT2D eigenvalue weighted by atomic mass is 35.5. The summed E-state index contributed by atoms with van der Waals surface area (Å²) in [6.07, 6.45) is 0.733. The predicted octanol–water partition coefficient (Wildman–Crippen LogP) is 3.38. The molecule has 8 heteroatoms. The molecule has 1 unspecified atom stereocenters. The van der Waals surface area contributed by atoms with Gasteiger partial charge in [-0.2, -0.15) is 0 Å². The van der Waals surface area contributed by atoms with Crippen LogP contribution in [-0.2, 0) is 21.7 Å². The van der Waals surface area contributed by atoms with Crippen LogP contribution in [0.15, 0.2) is 42.0 Å². The Labute approximate surface area is 159 Å². The maximum atomic E-state index is 11.7. The van der Waals surface area contributed by atoms with Crippen LogP contribution in [0.5, 0.6) is 0 Å². The van der Waals surface area contributed by atoms with Gasteiger partial charge in [-0.05, 0) is 36.8 Å². The number of fused-ring (bicyclic) bond motifs is 1. The van der Waals surface area contributed by atoms with Crippen molar-refractivity contribution in [1.29, 1.82) is 0 Å². The number of nitrogens with one attached hydrogen (secondary N) is 1. The molecule has 3 rings (SSSR count). The summed E-state index contributed by atoms with van der Waals surface area (Å²) in [7, 11) is 0. The lowest BCUT2D eigenvalue weighted by Gasteiger charge is -2.37. The van der Waals surface area contributed by atoms with E-state index >= 15 is 0 Å². The molecule has 136 valence electrons. The highest BCUT2D eigenvalue weighted by molar-refractivity contribution is 6.42. The summed E-state index contributed by atoms with van der Waals surface area (Å²) < 4.78 is 1.97. The quantitative estimate of drug-likeness (QED) is 0.691. The van der Waals surface area contributed by atoms with Crippen molar-refractivity contribution in [3.05, 3.63) is 57.7 Å². The number of carboxylic acid groups (broad SMARTS) is 2. The Bertz CT molecular complexity index is 935. The maximum Gasteiger partial charge on any atom is 0.334 e. The normalized spacial score (nSPS) is 19.9. The number of nitrogens with zero attached hydrogens (tertiary/aromatic N) is 1. The number of halogens is 2. The third kappa shape index (κ3) is 3.11. The first kappa shape index (κ1) is 18.5. The molecule has 2 aromatic rings. The van der Waals surface area contributed by atoms with Crippen molar-refractivity contribution in [2.75, 3.05) is 6.54 Å². The van der Waals surface area contributed by atoms with Crippen molar-refractivity contribution in [3.8, 4) is 11.3 Å². The van der Waals surface area contributed by atoms with E-state index in [1.165, 1.54) is 0 Å². The van der Waals surface area contributed by atoms with Gasteiger partial charge < -0.3 is 20.1 Å². The van der Waals surface area contributed by atoms with Gasteiger partial charge in [-0.3, -0.25) is 0 Å². The third-order valence-electron chi connectivity index (χ3n) is 4.56. The SMILES string of the molecule is CC1(/C(=C\C(=O)O)C(=O)O)NCCn2c(-c3ccc(Cl)c(Cl)c3)ccc21. The molecule has 0 spiro atoms. The minimum Gasteiger partial charge on any atom is -0.478 e. The molecule has 1 aromatic heterocycles. The van der Waals surface area contributed by atoms with Gasteiger partial charge in [0.1, 0.15) is 0 Å². The lowest BCUT2D eigenvalue weighted by molar-refractivity contribution is -0.136. The van der Waals surface area contributed by atoms with Gasteiger partial charge in [-0.1, -0.05) is 29.3 Å². The molecule has 2 heterocycles. The molecule has 1 aromatic carbocycles. The summed E-state index contributed by atoms with van der Waals surface area (Å²) in [5.41, 5.74) is 0.988. The molecule has 0 saturated heterocycles. The molecule has 26 heavy (non-hydrogen) atoms. The minimum atomic E-state index is -1.31. The second kappa shape index (κ2) is 6.79.